The number of nitrogens with one attached hydrogen (secondary N) is 1. The molecular weight excluding hydrogens is 292 g/mol. The molecule has 108 valence electrons. The van der Waals surface area contributed by atoms with E-state index in [1.165, 1.54) is 0 Å². The Labute approximate surface area is 123 Å². The highest BCUT2D eigenvalue weighted by Gasteiger charge is 2.19. The summed E-state index contributed by atoms with van der Waals surface area (Å²) in [4.78, 5) is 0.281. The molecule has 0 spiro atoms. The van der Waals surface area contributed by atoms with Crippen LogP contribution in [0.1, 0.15) is 18.1 Å². The van der Waals surface area contributed by atoms with E-state index in [0.717, 1.165) is 5.56 Å². The Morgan fingerprint density at radius 1 is 1.35 bits per heavy atom. The lowest BCUT2D eigenvalue weighted by atomic mass is 10.1. The zero-order chi connectivity index (χ0) is 14.8. The van der Waals surface area contributed by atoms with Gasteiger partial charge < -0.3 is 5.73 Å². The van der Waals surface area contributed by atoms with Crippen molar-refractivity contribution in [3.8, 4) is 0 Å². The summed E-state index contributed by atoms with van der Waals surface area (Å²) in [5.41, 5.74) is 8.00. The third-order valence-corrected chi connectivity index (χ3v) is 5.45. The predicted molar refractivity (Wildman–Crippen MR) is 83.4 cm³/mol. The van der Waals surface area contributed by atoms with Gasteiger partial charge >= 0.3 is 0 Å². The number of benzene rings is 1. The van der Waals surface area contributed by atoms with E-state index < -0.39 is 10.0 Å². The number of hydrogen-bond acceptors (Lipinski definition) is 4. The van der Waals surface area contributed by atoms with Crippen LogP contribution in [0.3, 0.4) is 0 Å². The topological polar surface area (TPSA) is 72.2 Å². The van der Waals surface area contributed by atoms with Gasteiger partial charge in [-0.3, -0.25) is 0 Å². The Morgan fingerprint density at radius 2 is 2.10 bits per heavy atom. The van der Waals surface area contributed by atoms with E-state index in [-0.39, 0.29) is 10.9 Å². The lowest BCUT2D eigenvalue weighted by molar-refractivity contribution is 0.559. The fraction of sp³-hybridized carbons (Fsp3) is 0.286. The van der Waals surface area contributed by atoms with Gasteiger partial charge in [-0.1, -0.05) is 0 Å². The fourth-order valence-corrected chi connectivity index (χ4v) is 4.26. The number of thiophene rings is 1. The van der Waals surface area contributed by atoms with Crippen LogP contribution < -0.4 is 10.5 Å². The minimum absolute atomic E-state index is 0.161. The first kappa shape index (κ1) is 15.0. The van der Waals surface area contributed by atoms with Crippen molar-refractivity contribution >= 4 is 27.0 Å². The van der Waals surface area contributed by atoms with Gasteiger partial charge in [0, 0.05) is 11.7 Å². The molecule has 1 unspecified atom stereocenters. The van der Waals surface area contributed by atoms with Crippen LogP contribution in [0.15, 0.2) is 39.9 Å². The second-order valence-corrected chi connectivity index (χ2v) is 7.35. The minimum atomic E-state index is -3.51. The van der Waals surface area contributed by atoms with Crippen LogP contribution in [0.25, 0.3) is 0 Å². The normalized spacial score (nSPS) is 13.3. The van der Waals surface area contributed by atoms with Gasteiger partial charge in [-0.2, -0.15) is 11.3 Å². The van der Waals surface area contributed by atoms with Gasteiger partial charge in [0.15, 0.2) is 0 Å². The summed E-state index contributed by atoms with van der Waals surface area (Å²) in [6.07, 6.45) is 0.677. The lowest BCUT2D eigenvalue weighted by Gasteiger charge is -2.15. The molecule has 0 fully saturated rings. The van der Waals surface area contributed by atoms with Crippen molar-refractivity contribution in [2.75, 3.05) is 5.73 Å². The maximum atomic E-state index is 12.4. The van der Waals surface area contributed by atoms with Gasteiger partial charge in [0.05, 0.1) is 4.90 Å². The monoisotopic (exact) mass is 310 g/mol. The third kappa shape index (κ3) is 3.59. The first-order valence-electron chi connectivity index (χ1n) is 6.28. The molecular formula is C14H18N2O2S2. The average molecular weight is 310 g/mol. The number of anilines is 1. The molecule has 0 saturated carbocycles. The molecule has 1 aromatic heterocycles. The standard InChI is InChI=1S/C14H18N2O2S2/c1-10-7-13(15)3-4-14(10)20(17,18)16-11(2)8-12-5-6-19-9-12/h3-7,9,11,16H,8,15H2,1-2H3. The largest absolute Gasteiger partial charge is 0.399 e. The Bertz CT molecular complexity index is 679. The Hall–Kier alpha value is -1.37. The molecule has 20 heavy (non-hydrogen) atoms. The van der Waals surface area contributed by atoms with Crippen LogP contribution in [0.2, 0.25) is 0 Å². The van der Waals surface area contributed by atoms with Crippen LogP contribution in [0.4, 0.5) is 5.69 Å². The Balaban J connectivity index is 2.14. The van der Waals surface area contributed by atoms with Gasteiger partial charge in [0.1, 0.15) is 0 Å². The fourth-order valence-electron chi connectivity index (χ4n) is 2.11. The van der Waals surface area contributed by atoms with Crippen LogP contribution in [0.5, 0.6) is 0 Å². The Morgan fingerprint density at radius 3 is 2.70 bits per heavy atom. The van der Waals surface area contributed by atoms with E-state index in [2.05, 4.69) is 4.72 Å². The summed E-state index contributed by atoms with van der Waals surface area (Å²) < 4.78 is 27.4. The number of sulfonamides is 1. The SMILES string of the molecule is Cc1cc(N)ccc1S(=O)(=O)NC(C)Cc1ccsc1. The van der Waals surface area contributed by atoms with Crippen molar-refractivity contribution < 1.29 is 8.42 Å². The molecule has 0 aliphatic rings. The summed E-state index contributed by atoms with van der Waals surface area (Å²) in [6.45, 7) is 3.61. The highest BCUT2D eigenvalue weighted by atomic mass is 32.2. The molecule has 0 radical (unpaired) electrons. The van der Waals surface area contributed by atoms with Crippen LogP contribution in [0, 0.1) is 6.92 Å². The van der Waals surface area contributed by atoms with Gasteiger partial charge in [-0.05, 0) is 66.4 Å². The smallest absolute Gasteiger partial charge is 0.241 e. The average Bonchev–Trinajstić information content (AvgIpc) is 2.79. The minimum Gasteiger partial charge on any atom is -0.399 e. The molecule has 4 nitrogen and oxygen atoms in total. The van der Waals surface area contributed by atoms with Crippen molar-refractivity contribution in [3.05, 3.63) is 46.2 Å². The first-order valence-corrected chi connectivity index (χ1v) is 8.70. The van der Waals surface area contributed by atoms with Crippen LogP contribution in [-0.4, -0.2) is 14.5 Å². The number of hydrogen-bond donors (Lipinski definition) is 2. The predicted octanol–water partition coefficient (Wildman–Crippen LogP) is 2.55. The summed E-state index contributed by atoms with van der Waals surface area (Å²) in [5.74, 6) is 0. The molecule has 3 N–H and O–H groups in total. The Kier molecular flexibility index (Phi) is 4.47. The van der Waals surface area contributed by atoms with E-state index in [9.17, 15) is 8.42 Å². The van der Waals surface area contributed by atoms with Crippen molar-refractivity contribution in [2.24, 2.45) is 0 Å². The van der Waals surface area contributed by atoms with E-state index in [0.29, 0.717) is 17.7 Å². The van der Waals surface area contributed by atoms with Crippen molar-refractivity contribution in [1.82, 2.24) is 4.72 Å². The van der Waals surface area contributed by atoms with E-state index in [1.54, 1.807) is 36.5 Å². The molecule has 6 heteroatoms. The first-order chi connectivity index (χ1) is 9.38. The van der Waals surface area contributed by atoms with Crippen molar-refractivity contribution in [3.63, 3.8) is 0 Å². The summed E-state index contributed by atoms with van der Waals surface area (Å²) in [7, 11) is -3.51. The molecule has 0 saturated heterocycles. The molecule has 0 bridgehead atoms. The van der Waals surface area contributed by atoms with E-state index >= 15 is 0 Å². The zero-order valence-electron chi connectivity index (χ0n) is 11.5. The highest BCUT2D eigenvalue weighted by molar-refractivity contribution is 7.89. The van der Waals surface area contributed by atoms with Gasteiger partial charge in [-0.25, -0.2) is 13.1 Å². The maximum absolute atomic E-state index is 12.4. The molecule has 1 atom stereocenters. The van der Waals surface area contributed by atoms with Gasteiger partial charge in [0.2, 0.25) is 10.0 Å². The summed E-state index contributed by atoms with van der Waals surface area (Å²) in [5, 5.41) is 4.01. The van der Waals surface area contributed by atoms with E-state index in [4.69, 9.17) is 5.73 Å². The molecule has 2 aromatic rings. The molecule has 0 aliphatic carbocycles. The second kappa shape index (κ2) is 5.95. The van der Waals surface area contributed by atoms with Gasteiger partial charge in [0.25, 0.3) is 0 Å². The highest BCUT2D eigenvalue weighted by Crippen LogP contribution is 2.18. The number of aryl methyl sites for hydroxylation is 1. The molecule has 1 aromatic carbocycles. The third-order valence-electron chi connectivity index (χ3n) is 2.97. The molecule has 0 amide bonds. The lowest BCUT2D eigenvalue weighted by Crippen LogP contribution is -2.34. The second-order valence-electron chi connectivity index (χ2n) is 4.88. The molecule has 2 rings (SSSR count). The van der Waals surface area contributed by atoms with Crippen LogP contribution >= 0.6 is 11.3 Å². The summed E-state index contributed by atoms with van der Waals surface area (Å²) in [6, 6.07) is 6.66. The van der Waals surface area contributed by atoms with Gasteiger partial charge in [-0.15, -0.1) is 0 Å². The molecule has 1 heterocycles. The zero-order valence-corrected chi connectivity index (χ0v) is 13.1. The summed E-state index contributed by atoms with van der Waals surface area (Å²) >= 11 is 1.61. The number of nitrogens with two attached hydrogens (primary N) is 1. The van der Waals surface area contributed by atoms with Crippen LogP contribution in [-0.2, 0) is 16.4 Å². The van der Waals surface area contributed by atoms with Crippen molar-refractivity contribution in [1.29, 1.82) is 0 Å². The van der Waals surface area contributed by atoms with Crippen molar-refractivity contribution in [2.45, 2.75) is 31.2 Å². The quantitative estimate of drug-likeness (QED) is 0.834. The molecule has 0 aliphatic heterocycles. The van der Waals surface area contributed by atoms with E-state index in [1.807, 2.05) is 23.8 Å². The number of nitrogen functional groups attached to an aromatic ring is 1. The number of rotatable bonds is 5. The maximum Gasteiger partial charge on any atom is 0.241 e.